The molecule has 2 aromatic heterocycles. The minimum Gasteiger partial charge on any atom is -0.325 e. The summed E-state index contributed by atoms with van der Waals surface area (Å²) < 4.78 is 1.93. The summed E-state index contributed by atoms with van der Waals surface area (Å²) in [6.07, 6.45) is 2.55. The zero-order chi connectivity index (χ0) is 19.2. The fraction of sp³-hybridized carbons (Fsp3) is 0.235. The quantitative estimate of drug-likeness (QED) is 0.350. The molecule has 1 amide bonds. The maximum atomic E-state index is 12.4. The Hall–Kier alpha value is -2.72. The molecule has 1 unspecified atom stereocenters. The van der Waals surface area contributed by atoms with Gasteiger partial charge in [-0.3, -0.25) is 14.9 Å². The van der Waals surface area contributed by atoms with Crippen LogP contribution in [0.3, 0.4) is 0 Å². The lowest BCUT2D eigenvalue weighted by Crippen LogP contribution is -2.23. The van der Waals surface area contributed by atoms with Crippen LogP contribution < -0.4 is 5.32 Å². The van der Waals surface area contributed by atoms with E-state index >= 15 is 0 Å². The highest BCUT2D eigenvalue weighted by Gasteiger charge is 2.18. The molecule has 8 nitrogen and oxygen atoms in total. The van der Waals surface area contributed by atoms with Crippen LogP contribution in [0.4, 0.5) is 11.4 Å². The van der Waals surface area contributed by atoms with E-state index in [2.05, 4.69) is 21.6 Å². The third-order valence-corrected chi connectivity index (χ3v) is 5.79. The number of amides is 1. The predicted octanol–water partition coefficient (Wildman–Crippen LogP) is 3.61. The standard InChI is InChI=1S/C17H17N5O3S2/c1-12(16(23)19-13-4-6-14(7-5-13)22(24)25)27-17-20-18-11-21(17)9-8-15-3-2-10-26-15/h2-7,10-12H,8-9H2,1H3,(H,19,23). The highest BCUT2D eigenvalue weighted by atomic mass is 32.2. The Morgan fingerprint density at radius 1 is 1.37 bits per heavy atom. The summed E-state index contributed by atoms with van der Waals surface area (Å²) >= 11 is 3.03. The Morgan fingerprint density at radius 2 is 2.15 bits per heavy atom. The van der Waals surface area contributed by atoms with Crippen LogP contribution in [0.1, 0.15) is 11.8 Å². The number of hydrogen-bond acceptors (Lipinski definition) is 7. The minimum atomic E-state index is -0.479. The second-order valence-electron chi connectivity index (χ2n) is 5.69. The highest BCUT2D eigenvalue weighted by molar-refractivity contribution is 8.00. The number of nitro groups is 1. The lowest BCUT2D eigenvalue weighted by atomic mass is 10.3. The average molecular weight is 403 g/mol. The molecule has 0 aliphatic rings. The number of anilines is 1. The first-order valence-electron chi connectivity index (χ1n) is 8.15. The molecule has 0 fully saturated rings. The number of nitrogens with zero attached hydrogens (tertiary/aromatic N) is 4. The summed E-state index contributed by atoms with van der Waals surface area (Å²) in [6, 6.07) is 9.84. The smallest absolute Gasteiger partial charge is 0.269 e. The van der Waals surface area contributed by atoms with Crippen molar-refractivity contribution in [2.24, 2.45) is 0 Å². The van der Waals surface area contributed by atoms with E-state index in [-0.39, 0.29) is 11.6 Å². The molecule has 1 aromatic carbocycles. The molecule has 0 saturated heterocycles. The summed E-state index contributed by atoms with van der Waals surface area (Å²) in [7, 11) is 0. The fourth-order valence-corrected chi connectivity index (χ4v) is 3.84. The number of aryl methyl sites for hydroxylation is 2. The zero-order valence-electron chi connectivity index (χ0n) is 14.4. The maximum absolute atomic E-state index is 12.4. The van der Waals surface area contributed by atoms with Crippen molar-refractivity contribution in [1.82, 2.24) is 14.8 Å². The van der Waals surface area contributed by atoms with Crippen molar-refractivity contribution in [2.45, 2.75) is 30.3 Å². The second kappa shape index (κ2) is 8.78. The van der Waals surface area contributed by atoms with E-state index < -0.39 is 10.2 Å². The molecule has 0 radical (unpaired) electrons. The van der Waals surface area contributed by atoms with Crippen molar-refractivity contribution in [3.05, 3.63) is 63.1 Å². The van der Waals surface area contributed by atoms with E-state index in [4.69, 9.17) is 0 Å². The van der Waals surface area contributed by atoms with Gasteiger partial charge in [0.25, 0.3) is 5.69 Å². The predicted molar refractivity (Wildman–Crippen MR) is 105 cm³/mol. The molecule has 2 heterocycles. The molecule has 0 saturated carbocycles. The summed E-state index contributed by atoms with van der Waals surface area (Å²) in [4.78, 5) is 23.9. The Labute approximate surface area is 163 Å². The number of benzene rings is 1. The van der Waals surface area contributed by atoms with Gasteiger partial charge in [-0.25, -0.2) is 0 Å². The van der Waals surface area contributed by atoms with E-state index in [9.17, 15) is 14.9 Å². The molecule has 3 aromatic rings. The number of hydrogen-bond donors (Lipinski definition) is 1. The topological polar surface area (TPSA) is 103 Å². The monoisotopic (exact) mass is 403 g/mol. The first-order valence-corrected chi connectivity index (χ1v) is 9.91. The molecule has 0 spiro atoms. The SMILES string of the molecule is CC(Sc1nncn1CCc1cccs1)C(=O)Nc1ccc([N+](=O)[O-])cc1. The van der Waals surface area contributed by atoms with Gasteiger partial charge in [0.15, 0.2) is 5.16 Å². The van der Waals surface area contributed by atoms with Gasteiger partial charge in [-0.1, -0.05) is 17.8 Å². The van der Waals surface area contributed by atoms with Gasteiger partial charge in [-0.2, -0.15) is 0 Å². The van der Waals surface area contributed by atoms with Crippen molar-refractivity contribution in [3.63, 3.8) is 0 Å². The van der Waals surface area contributed by atoms with E-state index in [1.165, 1.54) is 40.9 Å². The minimum absolute atomic E-state index is 0.0192. The highest BCUT2D eigenvalue weighted by Crippen LogP contribution is 2.23. The molecular formula is C17H17N5O3S2. The molecule has 1 atom stereocenters. The van der Waals surface area contributed by atoms with E-state index in [1.54, 1.807) is 24.6 Å². The number of carbonyl (C=O) groups excluding carboxylic acids is 1. The average Bonchev–Trinajstić information content (AvgIpc) is 3.32. The van der Waals surface area contributed by atoms with Gasteiger partial charge in [0.05, 0.1) is 10.2 Å². The first kappa shape index (κ1) is 19.1. The summed E-state index contributed by atoms with van der Waals surface area (Å²) in [5.74, 6) is -0.207. The third kappa shape index (κ3) is 5.14. The molecule has 140 valence electrons. The second-order valence-corrected chi connectivity index (χ2v) is 8.03. The molecular weight excluding hydrogens is 386 g/mol. The van der Waals surface area contributed by atoms with Gasteiger partial charge in [0, 0.05) is 29.2 Å². The van der Waals surface area contributed by atoms with Crippen LogP contribution in [-0.4, -0.2) is 30.8 Å². The largest absolute Gasteiger partial charge is 0.325 e. The van der Waals surface area contributed by atoms with Crippen molar-refractivity contribution >= 4 is 40.4 Å². The Balaban J connectivity index is 1.56. The van der Waals surface area contributed by atoms with Gasteiger partial charge in [0.1, 0.15) is 6.33 Å². The van der Waals surface area contributed by atoms with Crippen LogP contribution in [0.15, 0.2) is 53.3 Å². The van der Waals surface area contributed by atoms with Crippen molar-refractivity contribution in [1.29, 1.82) is 0 Å². The number of thiophene rings is 1. The molecule has 10 heteroatoms. The third-order valence-electron chi connectivity index (χ3n) is 3.76. The van der Waals surface area contributed by atoms with Crippen LogP contribution in [0.25, 0.3) is 0 Å². The molecule has 27 heavy (non-hydrogen) atoms. The summed E-state index contributed by atoms with van der Waals surface area (Å²) in [5, 5.41) is 23.8. The van der Waals surface area contributed by atoms with Crippen molar-refractivity contribution < 1.29 is 9.72 Å². The number of nitro benzene ring substituents is 1. The van der Waals surface area contributed by atoms with Crippen molar-refractivity contribution in [2.75, 3.05) is 5.32 Å². The lowest BCUT2D eigenvalue weighted by Gasteiger charge is -2.12. The summed E-state index contributed by atoms with van der Waals surface area (Å²) in [5.41, 5.74) is 0.492. The van der Waals surface area contributed by atoms with Gasteiger partial charge in [0.2, 0.25) is 5.91 Å². The van der Waals surface area contributed by atoms with Crippen LogP contribution in [0.5, 0.6) is 0 Å². The number of rotatable bonds is 8. The number of non-ortho nitro benzene ring substituents is 1. The Bertz CT molecular complexity index is 909. The molecule has 1 N–H and O–H groups in total. The normalized spacial score (nSPS) is 11.9. The van der Waals surface area contributed by atoms with Crippen LogP contribution in [0, 0.1) is 10.1 Å². The molecule has 0 bridgehead atoms. The van der Waals surface area contributed by atoms with Gasteiger partial charge < -0.3 is 9.88 Å². The van der Waals surface area contributed by atoms with E-state index in [0.717, 1.165) is 13.0 Å². The number of thioether (sulfide) groups is 1. The zero-order valence-corrected chi connectivity index (χ0v) is 16.1. The van der Waals surface area contributed by atoms with Gasteiger partial charge in [-0.15, -0.1) is 21.5 Å². The molecule has 3 rings (SSSR count). The van der Waals surface area contributed by atoms with Gasteiger partial charge in [-0.05, 0) is 36.9 Å². The number of carbonyl (C=O) groups is 1. The van der Waals surface area contributed by atoms with Crippen LogP contribution in [0.2, 0.25) is 0 Å². The van der Waals surface area contributed by atoms with Crippen molar-refractivity contribution in [3.8, 4) is 0 Å². The Morgan fingerprint density at radius 3 is 2.81 bits per heavy atom. The van der Waals surface area contributed by atoms with Crippen LogP contribution >= 0.6 is 23.1 Å². The van der Waals surface area contributed by atoms with Gasteiger partial charge >= 0.3 is 0 Å². The fourth-order valence-electron chi connectivity index (χ4n) is 2.30. The molecule has 0 aliphatic carbocycles. The maximum Gasteiger partial charge on any atom is 0.269 e. The number of aromatic nitrogens is 3. The van der Waals surface area contributed by atoms with Crippen LogP contribution in [-0.2, 0) is 17.8 Å². The summed E-state index contributed by atoms with van der Waals surface area (Å²) in [6.45, 7) is 2.52. The molecule has 0 aliphatic heterocycles. The van der Waals surface area contributed by atoms with E-state index in [0.29, 0.717) is 10.8 Å². The number of nitrogens with one attached hydrogen (secondary N) is 1. The van der Waals surface area contributed by atoms with E-state index in [1.807, 2.05) is 16.0 Å². The lowest BCUT2D eigenvalue weighted by molar-refractivity contribution is -0.384. The first-order chi connectivity index (χ1) is 13.0. The Kier molecular flexibility index (Phi) is 6.20.